The van der Waals surface area contributed by atoms with Crippen molar-refractivity contribution in [2.75, 3.05) is 0 Å². The maximum Gasteiger partial charge on any atom is 0.133 e. The van der Waals surface area contributed by atoms with Crippen LogP contribution in [0.3, 0.4) is 0 Å². The van der Waals surface area contributed by atoms with Crippen LogP contribution >= 0.6 is 0 Å². The first-order valence-electron chi connectivity index (χ1n) is 12.3. The summed E-state index contributed by atoms with van der Waals surface area (Å²) in [4.78, 5) is 12.3. The molecule has 0 radical (unpaired) electrons. The molecule has 0 heterocycles. The molecule has 0 aliphatic heterocycles. The molecule has 2 nitrogen and oxygen atoms in total. The van der Waals surface area contributed by atoms with Crippen molar-refractivity contribution >= 4 is 5.78 Å². The number of Topliss-reactive ketones (excluding diaryl/α,β-unsaturated/α-hetero) is 1. The van der Waals surface area contributed by atoms with Gasteiger partial charge in [-0.15, -0.1) is 0 Å². The molecule has 162 valence electrons. The van der Waals surface area contributed by atoms with E-state index in [0.717, 1.165) is 37.2 Å². The van der Waals surface area contributed by atoms with Gasteiger partial charge in [0.25, 0.3) is 0 Å². The maximum atomic E-state index is 12.3. The summed E-state index contributed by atoms with van der Waals surface area (Å²) in [5.41, 5.74) is 3.56. The third-order valence-electron chi connectivity index (χ3n) is 9.88. The van der Waals surface area contributed by atoms with Crippen LogP contribution in [0.4, 0.5) is 0 Å². The first-order valence-corrected chi connectivity index (χ1v) is 12.3. The Hall–Kier alpha value is -1.41. The summed E-state index contributed by atoms with van der Waals surface area (Å²) in [5, 5.41) is 0. The molecule has 30 heavy (non-hydrogen) atoms. The zero-order valence-electron chi connectivity index (χ0n) is 19.0. The monoisotopic (exact) mass is 406 g/mol. The molecule has 0 N–H and O–H groups in total. The lowest BCUT2D eigenvalue weighted by Crippen LogP contribution is -2.51. The molecule has 5 rings (SSSR count). The molecule has 1 aromatic carbocycles. The Balaban J connectivity index is 1.30. The highest BCUT2D eigenvalue weighted by atomic mass is 16.5. The molecular formula is C28H38O2. The standard InChI is InChI=1S/C28H38O2/c1-19(29)24-11-12-25-23-10-9-21-17-22(30-18-20-7-5-4-6-8-20)13-15-27(21,2)26(23)14-16-28(24,25)3/h4-9,22-26H,10-18H2,1-3H3/t22?,23-,24+,25-,26-,27-,28+/m0/s1. The van der Waals surface area contributed by atoms with Gasteiger partial charge in [-0.2, -0.15) is 0 Å². The van der Waals surface area contributed by atoms with E-state index in [2.05, 4.69) is 50.3 Å². The average Bonchev–Trinajstić information content (AvgIpc) is 3.10. The van der Waals surface area contributed by atoms with E-state index < -0.39 is 0 Å². The van der Waals surface area contributed by atoms with Gasteiger partial charge in [0.2, 0.25) is 0 Å². The summed E-state index contributed by atoms with van der Waals surface area (Å²) in [5.74, 6) is 3.07. The fourth-order valence-electron chi connectivity index (χ4n) is 8.23. The Morgan fingerprint density at radius 1 is 1.03 bits per heavy atom. The van der Waals surface area contributed by atoms with Crippen LogP contribution in [0.5, 0.6) is 0 Å². The zero-order valence-corrected chi connectivity index (χ0v) is 19.0. The Labute approximate surface area is 182 Å². The Bertz CT molecular complexity index is 826. The molecular weight excluding hydrogens is 368 g/mol. The summed E-state index contributed by atoms with van der Waals surface area (Å²) in [6.45, 7) is 7.57. The molecule has 0 amide bonds. The van der Waals surface area contributed by atoms with Gasteiger partial charge in [-0.05, 0) is 92.4 Å². The SMILES string of the molecule is CC(=O)[C@H]1CC[C@H]2[C@@H]3CC=C4CC(OCc5ccccc5)CC[C@]4(C)[C@H]3CC[C@]12C. The lowest BCUT2D eigenvalue weighted by molar-refractivity contribution is -0.127. The number of allylic oxidation sites excluding steroid dienone is 1. The highest BCUT2D eigenvalue weighted by Gasteiger charge is 2.59. The molecule has 0 spiro atoms. The third-order valence-corrected chi connectivity index (χ3v) is 9.88. The third kappa shape index (κ3) is 3.22. The number of rotatable bonds is 4. The number of carbonyl (C=O) groups is 1. The molecule has 4 aliphatic rings. The van der Waals surface area contributed by atoms with E-state index in [1.54, 1.807) is 5.57 Å². The van der Waals surface area contributed by atoms with Crippen LogP contribution in [-0.4, -0.2) is 11.9 Å². The normalized spacial score (nSPS) is 42.6. The minimum Gasteiger partial charge on any atom is -0.373 e. The zero-order chi connectivity index (χ0) is 20.9. The van der Waals surface area contributed by atoms with Gasteiger partial charge in [0.15, 0.2) is 0 Å². The quantitative estimate of drug-likeness (QED) is 0.518. The topological polar surface area (TPSA) is 26.3 Å². The van der Waals surface area contributed by atoms with E-state index in [1.807, 2.05) is 6.92 Å². The molecule has 2 heteroatoms. The van der Waals surface area contributed by atoms with E-state index in [9.17, 15) is 4.79 Å². The van der Waals surface area contributed by atoms with E-state index in [-0.39, 0.29) is 5.41 Å². The van der Waals surface area contributed by atoms with Gasteiger partial charge >= 0.3 is 0 Å². The largest absolute Gasteiger partial charge is 0.373 e. The van der Waals surface area contributed by atoms with Crippen molar-refractivity contribution in [3.05, 3.63) is 47.5 Å². The van der Waals surface area contributed by atoms with Crippen LogP contribution in [0.25, 0.3) is 0 Å². The second kappa shape index (κ2) is 7.62. The fraction of sp³-hybridized carbons (Fsp3) is 0.679. The first kappa shape index (κ1) is 20.5. The van der Waals surface area contributed by atoms with Crippen LogP contribution in [0.2, 0.25) is 0 Å². The Kier molecular flexibility index (Phi) is 5.21. The van der Waals surface area contributed by atoms with Crippen LogP contribution in [0.15, 0.2) is 42.0 Å². The molecule has 0 bridgehead atoms. The number of hydrogen-bond acceptors (Lipinski definition) is 2. The minimum absolute atomic E-state index is 0.255. The van der Waals surface area contributed by atoms with Crippen molar-refractivity contribution in [2.45, 2.75) is 84.8 Å². The predicted octanol–water partition coefficient (Wildman–Crippen LogP) is 6.74. The summed E-state index contributed by atoms with van der Waals surface area (Å²) < 4.78 is 6.35. The molecule has 4 aliphatic carbocycles. The van der Waals surface area contributed by atoms with Gasteiger partial charge in [-0.3, -0.25) is 4.79 Å². The van der Waals surface area contributed by atoms with E-state index in [4.69, 9.17) is 4.74 Å². The summed E-state index contributed by atoms with van der Waals surface area (Å²) in [6, 6.07) is 10.6. The highest BCUT2D eigenvalue weighted by molar-refractivity contribution is 5.79. The van der Waals surface area contributed by atoms with Crippen molar-refractivity contribution in [1.82, 2.24) is 0 Å². The molecule has 1 unspecified atom stereocenters. The van der Waals surface area contributed by atoms with Crippen LogP contribution in [-0.2, 0) is 16.1 Å². The number of ketones is 1. The lowest BCUT2D eigenvalue weighted by Gasteiger charge is -2.58. The second-order valence-electron chi connectivity index (χ2n) is 11.2. The number of carbonyl (C=O) groups excluding carboxylic acids is 1. The summed E-state index contributed by atoms with van der Waals surface area (Å²) in [6.07, 6.45) is 12.7. The highest BCUT2D eigenvalue weighted by Crippen LogP contribution is 2.66. The van der Waals surface area contributed by atoms with Crippen molar-refractivity contribution in [3.8, 4) is 0 Å². The van der Waals surface area contributed by atoms with Crippen molar-refractivity contribution in [1.29, 1.82) is 0 Å². The lowest BCUT2D eigenvalue weighted by atomic mass is 9.47. The van der Waals surface area contributed by atoms with Gasteiger partial charge in [0, 0.05) is 5.92 Å². The minimum atomic E-state index is 0.255. The molecule has 0 saturated heterocycles. The second-order valence-corrected chi connectivity index (χ2v) is 11.2. The van der Waals surface area contributed by atoms with Gasteiger partial charge in [-0.25, -0.2) is 0 Å². The Morgan fingerprint density at radius 3 is 2.60 bits per heavy atom. The first-order chi connectivity index (χ1) is 14.4. The van der Waals surface area contributed by atoms with Gasteiger partial charge in [-0.1, -0.05) is 55.8 Å². The van der Waals surface area contributed by atoms with Crippen LogP contribution in [0, 0.1) is 34.5 Å². The van der Waals surface area contributed by atoms with Gasteiger partial charge in [0.1, 0.15) is 5.78 Å². The van der Waals surface area contributed by atoms with Gasteiger partial charge < -0.3 is 4.74 Å². The van der Waals surface area contributed by atoms with Crippen molar-refractivity contribution < 1.29 is 9.53 Å². The van der Waals surface area contributed by atoms with E-state index in [1.165, 1.54) is 44.1 Å². The smallest absolute Gasteiger partial charge is 0.133 e. The van der Waals surface area contributed by atoms with E-state index in [0.29, 0.717) is 23.2 Å². The molecule has 3 fully saturated rings. The average molecular weight is 407 g/mol. The molecule has 7 atom stereocenters. The number of benzene rings is 1. The molecule has 1 aromatic rings. The number of ether oxygens (including phenoxy) is 1. The summed E-state index contributed by atoms with van der Waals surface area (Å²) >= 11 is 0. The predicted molar refractivity (Wildman–Crippen MR) is 121 cm³/mol. The summed E-state index contributed by atoms with van der Waals surface area (Å²) in [7, 11) is 0. The van der Waals surface area contributed by atoms with Crippen LogP contribution < -0.4 is 0 Å². The van der Waals surface area contributed by atoms with Crippen molar-refractivity contribution in [2.24, 2.45) is 34.5 Å². The fourth-order valence-corrected chi connectivity index (χ4v) is 8.23. The maximum absolute atomic E-state index is 12.3. The number of fused-ring (bicyclic) bond motifs is 5. The van der Waals surface area contributed by atoms with Gasteiger partial charge in [0.05, 0.1) is 12.7 Å². The molecule has 0 aromatic heterocycles. The van der Waals surface area contributed by atoms with Crippen LogP contribution in [0.1, 0.15) is 77.7 Å². The Morgan fingerprint density at radius 2 is 1.83 bits per heavy atom. The molecule has 3 saturated carbocycles. The van der Waals surface area contributed by atoms with E-state index >= 15 is 0 Å². The van der Waals surface area contributed by atoms with Crippen molar-refractivity contribution in [3.63, 3.8) is 0 Å². The number of hydrogen-bond donors (Lipinski definition) is 0.